The Labute approximate surface area is 121 Å². The fourth-order valence-corrected chi connectivity index (χ4v) is 2.76. The van der Waals surface area contributed by atoms with E-state index in [1.54, 1.807) is 13.2 Å². The van der Waals surface area contributed by atoms with Crippen molar-refractivity contribution in [2.45, 2.75) is 38.0 Å². The van der Waals surface area contributed by atoms with Crippen molar-refractivity contribution in [1.29, 1.82) is 0 Å². The van der Waals surface area contributed by atoms with Gasteiger partial charge in [-0.2, -0.15) is 0 Å². The zero-order valence-electron chi connectivity index (χ0n) is 11.2. The topological polar surface area (TPSA) is 30.5 Å². The Bertz CT molecular complexity index is 410. The molecule has 0 bridgehead atoms. The maximum atomic E-state index is 13.3. The highest BCUT2D eigenvalue weighted by Gasteiger charge is 2.42. The lowest BCUT2D eigenvalue weighted by molar-refractivity contribution is -0.0888. The van der Waals surface area contributed by atoms with Gasteiger partial charge in [0.05, 0.1) is 0 Å². The lowest BCUT2D eigenvalue weighted by Gasteiger charge is -2.43. The fraction of sp³-hybridized carbons (Fsp3) is 0.571. The van der Waals surface area contributed by atoms with Crippen molar-refractivity contribution in [3.05, 3.63) is 28.5 Å². The van der Waals surface area contributed by atoms with Crippen LogP contribution in [0.1, 0.15) is 19.8 Å². The third-order valence-corrected chi connectivity index (χ3v) is 3.76. The monoisotopic (exact) mass is 331 g/mol. The SMILES string of the molecule is CCCNC1CC(Oc2cc(F)cc(Br)c2)C1OC. The van der Waals surface area contributed by atoms with E-state index in [1.165, 1.54) is 12.1 Å². The minimum Gasteiger partial charge on any atom is -0.487 e. The number of hydrogen-bond donors (Lipinski definition) is 1. The molecule has 1 aliphatic rings. The molecule has 1 N–H and O–H groups in total. The first kappa shape index (κ1) is 14.8. The second-order valence-electron chi connectivity index (χ2n) is 4.76. The van der Waals surface area contributed by atoms with E-state index in [-0.39, 0.29) is 18.0 Å². The van der Waals surface area contributed by atoms with Gasteiger partial charge in [0.15, 0.2) is 0 Å². The minimum atomic E-state index is -0.307. The smallest absolute Gasteiger partial charge is 0.128 e. The summed E-state index contributed by atoms with van der Waals surface area (Å²) in [5, 5.41) is 3.42. The minimum absolute atomic E-state index is 0.0203. The molecule has 0 saturated heterocycles. The molecule has 0 heterocycles. The maximum Gasteiger partial charge on any atom is 0.128 e. The lowest BCUT2D eigenvalue weighted by atomic mass is 9.85. The predicted octanol–water partition coefficient (Wildman–Crippen LogP) is 3.12. The molecule has 0 radical (unpaired) electrons. The molecule has 5 heteroatoms. The number of benzene rings is 1. The highest BCUT2D eigenvalue weighted by atomic mass is 79.9. The number of halogens is 2. The van der Waals surface area contributed by atoms with E-state index in [1.807, 2.05) is 0 Å². The quantitative estimate of drug-likeness (QED) is 0.868. The number of hydrogen-bond acceptors (Lipinski definition) is 3. The zero-order valence-corrected chi connectivity index (χ0v) is 12.7. The van der Waals surface area contributed by atoms with Crippen LogP contribution in [0, 0.1) is 5.82 Å². The molecular formula is C14H19BrFNO2. The highest BCUT2D eigenvalue weighted by Crippen LogP contribution is 2.30. The number of nitrogens with one attached hydrogen (secondary N) is 1. The number of ether oxygens (including phenoxy) is 2. The third-order valence-electron chi connectivity index (χ3n) is 3.30. The fourth-order valence-electron chi connectivity index (χ4n) is 2.31. The summed E-state index contributed by atoms with van der Waals surface area (Å²) in [6, 6.07) is 4.90. The Hall–Kier alpha value is -0.650. The van der Waals surface area contributed by atoms with Crippen molar-refractivity contribution in [2.75, 3.05) is 13.7 Å². The molecule has 0 aliphatic heterocycles. The normalized spacial score (nSPS) is 26.0. The molecule has 3 nitrogen and oxygen atoms in total. The number of methoxy groups -OCH3 is 1. The summed E-state index contributed by atoms with van der Waals surface area (Å²) in [6.45, 7) is 3.11. The zero-order chi connectivity index (χ0) is 13.8. The van der Waals surface area contributed by atoms with E-state index in [0.29, 0.717) is 16.3 Å². The molecule has 1 fully saturated rings. The molecule has 1 aromatic carbocycles. The third kappa shape index (κ3) is 3.68. The summed E-state index contributed by atoms with van der Waals surface area (Å²) in [4.78, 5) is 0. The van der Waals surface area contributed by atoms with Gasteiger partial charge in [0.2, 0.25) is 0 Å². The molecular weight excluding hydrogens is 313 g/mol. The van der Waals surface area contributed by atoms with Crippen LogP contribution in [0.15, 0.2) is 22.7 Å². The molecule has 19 heavy (non-hydrogen) atoms. The van der Waals surface area contributed by atoms with Gasteiger partial charge < -0.3 is 14.8 Å². The van der Waals surface area contributed by atoms with Crippen molar-refractivity contribution in [3.63, 3.8) is 0 Å². The van der Waals surface area contributed by atoms with E-state index in [9.17, 15) is 4.39 Å². The number of rotatable bonds is 6. The standard InChI is InChI=1S/C14H19BrFNO2/c1-3-4-17-12-8-13(14(12)18-2)19-11-6-9(15)5-10(16)7-11/h5-7,12-14,17H,3-4,8H2,1-2H3. The molecule has 1 aromatic rings. The van der Waals surface area contributed by atoms with Gasteiger partial charge in [0.25, 0.3) is 0 Å². The van der Waals surface area contributed by atoms with E-state index in [0.717, 1.165) is 19.4 Å². The van der Waals surface area contributed by atoms with Gasteiger partial charge >= 0.3 is 0 Å². The van der Waals surface area contributed by atoms with Gasteiger partial charge in [-0.05, 0) is 25.1 Å². The van der Waals surface area contributed by atoms with Gasteiger partial charge in [-0.15, -0.1) is 0 Å². The van der Waals surface area contributed by atoms with Crippen molar-refractivity contribution < 1.29 is 13.9 Å². The van der Waals surface area contributed by atoms with Gasteiger partial charge in [-0.1, -0.05) is 22.9 Å². The van der Waals surface area contributed by atoms with Crippen LogP contribution >= 0.6 is 15.9 Å². The summed E-state index contributed by atoms with van der Waals surface area (Å²) in [5.41, 5.74) is 0. The van der Waals surface area contributed by atoms with Crippen LogP contribution in [-0.4, -0.2) is 31.9 Å². The predicted molar refractivity (Wildman–Crippen MR) is 76.0 cm³/mol. The van der Waals surface area contributed by atoms with Crippen LogP contribution in [0.3, 0.4) is 0 Å². The molecule has 0 spiro atoms. The van der Waals surface area contributed by atoms with Crippen LogP contribution in [0.5, 0.6) is 5.75 Å². The molecule has 3 atom stereocenters. The van der Waals surface area contributed by atoms with Gasteiger partial charge in [0.1, 0.15) is 23.8 Å². The molecule has 2 rings (SSSR count). The molecule has 0 aromatic heterocycles. The van der Waals surface area contributed by atoms with Gasteiger partial charge in [0, 0.05) is 30.1 Å². The van der Waals surface area contributed by atoms with Crippen LogP contribution in [0.2, 0.25) is 0 Å². The van der Waals surface area contributed by atoms with Crippen molar-refractivity contribution >= 4 is 15.9 Å². The lowest BCUT2D eigenvalue weighted by Crippen LogP contribution is -2.61. The van der Waals surface area contributed by atoms with E-state index >= 15 is 0 Å². The van der Waals surface area contributed by atoms with E-state index in [4.69, 9.17) is 9.47 Å². The Kier molecular flexibility index (Phi) is 5.19. The Morgan fingerprint density at radius 3 is 2.84 bits per heavy atom. The van der Waals surface area contributed by atoms with Crippen molar-refractivity contribution in [3.8, 4) is 5.75 Å². The van der Waals surface area contributed by atoms with Crippen molar-refractivity contribution in [2.24, 2.45) is 0 Å². The summed E-state index contributed by atoms with van der Waals surface area (Å²) in [5.74, 6) is 0.228. The first-order chi connectivity index (χ1) is 9.13. The average molecular weight is 332 g/mol. The van der Waals surface area contributed by atoms with Crippen LogP contribution in [-0.2, 0) is 4.74 Å². The average Bonchev–Trinajstić information content (AvgIpc) is 2.32. The molecule has 106 valence electrons. The Morgan fingerprint density at radius 1 is 1.42 bits per heavy atom. The van der Waals surface area contributed by atoms with E-state index in [2.05, 4.69) is 28.2 Å². The molecule has 3 unspecified atom stereocenters. The van der Waals surface area contributed by atoms with Gasteiger partial charge in [-0.3, -0.25) is 0 Å². The van der Waals surface area contributed by atoms with Gasteiger partial charge in [-0.25, -0.2) is 4.39 Å². The van der Waals surface area contributed by atoms with Crippen LogP contribution in [0.25, 0.3) is 0 Å². The van der Waals surface area contributed by atoms with Crippen LogP contribution in [0.4, 0.5) is 4.39 Å². The highest BCUT2D eigenvalue weighted by molar-refractivity contribution is 9.10. The maximum absolute atomic E-state index is 13.3. The summed E-state index contributed by atoms with van der Waals surface area (Å²) >= 11 is 3.26. The van der Waals surface area contributed by atoms with Crippen LogP contribution < -0.4 is 10.1 Å². The summed E-state index contributed by atoms with van der Waals surface area (Å²) in [6.07, 6.45) is 1.98. The first-order valence-corrected chi connectivity index (χ1v) is 7.32. The largest absolute Gasteiger partial charge is 0.487 e. The second kappa shape index (κ2) is 6.68. The Morgan fingerprint density at radius 2 is 2.21 bits per heavy atom. The van der Waals surface area contributed by atoms with E-state index < -0.39 is 0 Å². The first-order valence-electron chi connectivity index (χ1n) is 6.53. The van der Waals surface area contributed by atoms with Crippen molar-refractivity contribution in [1.82, 2.24) is 5.32 Å². The summed E-state index contributed by atoms with van der Waals surface area (Å²) in [7, 11) is 1.68. The Balaban J connectivity index is 1.93. The second-order valence-corrected chi connectivity index (χ2v) is 5.67. The molecule has 1 aliphatic carbocycles. The molecule has 1 saturated carbocycles. The summed E-state index contributed by atoms with van der Waals surface area (Å²) < 4.78 is 25.2. The molecule has 0 amide bonds.